The molecule has 5 unspecified atom stereocenters. The molecule has 2 aliphatic carbocycles. The maximum Gasteiger partial charge on any atom is 0.325 e. The molecule has 16 heteroatoms. The smallest absolute Gasteiger partial charge is 0.325 e. The van der Waals surface area contributed by atoms with Gasteiger partial charge in [0.2, 0.25) is 17.5 Å². The molecule has 7 atom stereocenters. The summed E-state index contributed by atoms with van der Waals surface area (Å²) in [5, 5.41) is 51.4. The minimum Gasteiger partial charge on any atom is -0.507 e. The minimum absolute atomic E-state index is 0.0248. The van der Waals surface area contributed by atoms with Gasteiger partial charge in [0.25, 0.3) is 0 Å². The molecular weight excluding hydrogens is 684 g/mol. The standard InChI is InChI=1S/C36H42N2O14/c1-15(39)9-10-23(41)38-13-24(42)50-14-22(40)36(48)11-19-26(21(12-36)52-35-16(2)29(37-4)30(43)17(3)51-35)34(47)28-27(32(19)45)31(44)18-7-6-8-20(49-5)25(18)33(28)46/h6-8,16-17,21,29-30,35,37,43,45,47-48H,9-14H2,1-5H3,(H,38,41)/t16?,17?,21-,29?,30?,35?,36-/m0/s1. The molecule has 6 N–H and O–H groups in total. The number of aromatic hydroxyl groups is 2. The number of phenols is 2. The second-order valence-electron chi connectivity index (χ2n) is 13.4. The van der Waals surface area contributed by atoms with Gasteiger partial charge in [-0.15, -0.1) is 0 Å². The Morgan fingerprint density at radius 2 is 1.71 bits per heavy atom. The van der Waals surface area contributed by atoms with Gasteiger partial charge in [-0.25, -0.2) is 0 Å². The number of Topliss-reactive ketones (excluding diaryl/α,β-unsaturated/α-hetero) is 2. The molecule has 16 nitrogen and oxygen atoms in total. The van der Waals surface area contributed by atoms with Crippen LogP contribution in [-0.2, 0) is 39.8 Å². The molecule has 0 saturated carbocycles. The Kier molecular flexibility index (Phi) is 11.2. The summed E-state index contributed by atoms with van der Waals surface area (Å²) in [6.45, 7) is 3.06. The number of fused-ring (bicyclic) bond motifs is 3. The molecule has 0 spiro atoms. The van der Waals surface area contributed by atoms with Gasteiger partial charge in [0.1, 0.15) is 35.2 Å². The average Bonchev–Trinajstić information content (AvgIpc) is 3.11. The molecule has 0 aromatic heterocycles. The van der Waals surface area contributed by atoms with Gasteiger partial charge in [0.15, 0.2) is 18.7 Å². The third kappa shape index (κ3) is 7.04. The van der Waals surface area contributed by atoms with Crippen LogP contribution >= 0.6 is 0 Å². The second-order valence-corrected chi connectivity index (χ2v) is 13.4. The van der Waals surface area contributed by atoms with E-state index in [9.17, 15) is 49.2 Å². The summed E-state index contributed by atoms with van der Waals surface area (Å²) in [5.41, 5.74) is -4.14. The molecule has 2 aromatic carbocycles. The fraction of sp³-hybridized carbons (Fsp3) is 0.500. The molecule has 1 heterocycles. The number of rotatable bonds is 12. The Labute approximate surface area is 298 Å². The van der Waals surface area contributed by atoms with Gasteiger partial charge in [-0.1, -0.05) is 19.1 Å². The van der Waals surface area contributed by atoms with Gasteiger partial charge in [0.05, 0.1) is 42.1 Å². The molecular formula is C36H42N2O14. The van der Waals surface area contributed by atoms with Gasteiger partial charge in [-0.3, -0.25) is 24.0 Å². The number of aliphatic hydroxyl groups is 2. The number of hydrogen-bond donors (Lipinski definition) is 6. The lowest BCUT2D eigenvalue weighted by molar-refractivity contribution is -0.271. The van der Waals surface area contributed by atoms with Gasteiger partial charge < -0.3 is 54.8 Å². The first-order valence-corrected chi connectivity index (χ1v) is 16.7. The third-order valence-corrected chi connectivity index (χ3v) is 9.92. The van der Waals surface area contributed by atoms with E-state index < -0.39 is 120 Å². The Balaban J connectivity index is 1.51. The molecule has 1 amide bonds. The van der Waals surface area contributed by atoms with Crippen molar-refractivity contribution < 1.29 is 68.1 Å². The zero-order chi connectivity index (χ0) is 38.2. The van der Waals surface area contributed by atoms with Crippen LogP contribution in [0, 0.1) is 5.92 Å². The largest absolute Gasteiger partial charge is 0.507 e. The van der Waals surface area contributed by atoms with Crippen molar-refractivity contribution in [1.82, 2.24) is 10.6 Å². The maximum atomic E-state index is 13.9. The second kappa shape index (κ2) is 15.1. The van der Waals surface area contributed by atoms with E-state index in [4.69, 9.17) is 18.9 Å². The van der Waals surface area contributed by atoms with Crippen LogP contribution in [0.4, 0.5) is 0 Å². The van der Waals surface area contributed by atoms with E-state index in [0.29, 0.717) is 0 Å². The monoisotopic (exact) mass is 726 g/mol. The van der Waals surface area contributed by atoms with E-state index in [2.05, 4.69) is 10.6 Å². The lowest BCUT2D eigenvalue weighted by Crippen LogP contribution is -2.58. The van der Waals surface area contributed by atoms with Crippen LogP contribution < -0.4 is 15.4 Å². The summed E-state index contributed by atoms with van der Waals surface area (Å²) in [6, 6.07) is 3.77. The topological polar surface area (TPSA) is 244 Å². The van der Waals surface area contributed by atoms with Crippen molar-refractivity contribution in [3.8, 4) is 17.2 Å². The number of phenolic OH excluding ortho intramolecular Hbond substituents is 2. The lowest BCUT2D eigenvalue weighted by Gasteiger charge is -2.45. The van der Waals surface area contributed by atoms with Crippen molar-refractivity contribution in [2.45, 2.75) is 82.7 Å². The van der Waals surface area contributed by atoms with Crippen molar-refractivity contribution in [2.24, 2.45) is 5.92 Å². The third-order valence-electron chi connectivity index (χ3n) is 9.92. The number of methoxy groups -OCH3 is 1. The van der Waals surface area contributed by atoms with Crippen LogP contribution in [0.5, 0.6) is 17.2 Å². The minimum atomic E-state index is -2.42. The normalized spacial score (nSPS) is 26.4. The van der Waals surface area contributed by atoms with E-state index in [-0.39, 0.29) is 46.6 Å². The van der Waals surface area contributed by atoms with Crippen molar-refractivity contribution >= 4 is 35.0 Å². The van der Waals surface area contributed by atoms with Crippen LogP contribution in [0.1, 0.15) is 89.1 Å². The van der Waals surface area contributed by atoms with Crippen molar-refractivity contribution in [1.29, 1.82) is 0 Å². The average molecular weight is 727 g/mol. The zero-order valence-corrected chi connectivity index (χ0v) is 29.3. The lowest BCUT2D eigenvalue weighted by atomic mass is 9.71. The number of likely N-dealkylation sites (N-methyl/N-ethyl adjacent to an activating group) is 1. The number of carbonyl (C=O) groups excluding carboxylic acids is 6. The predicted molar refractivity (Wildman–Crippen MR) is 178 cm³/mol. The quantitative estimate of drug-likeness (QED) is 0.110. The Hall–Kier alpha value is -4.74. The summed E-state index contributed by atoms with van der Waals surface area (Å²) >= 11 is 0. The first-order valence-electron chi connectivity index (χ1n) is 16.7. The molecule has 1 saturated heterocycles. The molecule has 0 bridgehead atoms. The molecule has 52 heavy (non-hydrogen) atoms. The van der Waals surface area contributed by atoms with Crippen LogP contribution in [0.3, 0.4) is 0 Å². The van der Waals surface area contributed by atoms with Gasteiger partial charge in [-0.2, -0.15) is 0 Å². The highest BCUT2D eigenvalue weighted by Crippen LogP contribution is 2.52. The number of carbonyl (C=O) groups is 6. The number of amides is 1. The number of ketones is 4. The number of ether oxygens (including phenoxy) is 4. The molecule has 1 aliphatic heterocycles. The molecule has 280 valence electrons. The van der Waals surface area contributed by atoms with E-state index in [1.807, 2.05) is 0 Å². The fourth-order valence-corrected chi connectivity index (χ4v) is 7.07. The highest BCUT2D eigenvalue weighted by molar-refractivity contribution is 6.31. The Morgan fingerprint density at radius 1 is 1.02 bits per heavy atom. The van der Waals surface area contributed by atoms with E-state index in [0.717, 1.165) is 0 Å². The molecule has 5 rings (SSSR count). The van der Waals surface area contributed by atoms with Gasteiger partial charge in [0, 0.05) is 54.3 Å². The number of nitrogens with one attached hydrogen (secondary N) is 2. The highest BCUT2D eigenvalue weighted by atomic mass is 16.7. The van der Waals surface area contributed by atoms with Gasteiger partial charge in [-0.05, 0) is 27.0 Å². The van der Waals surface area contributed by atoms with Crippen LogP contribution in [0.2, 0.25) is 0 Å². The summed E-state index contributed by atoms with van der Waals surface area (Å²) in [4.78, 5) is 76.8. The number of aliphatic hydroxyl groups excluding tert-OH is 1. The van der Waals surface area contributed by atoms with E-state index >= 15 is 0 Å². The Bertz CT molecular complexity index is 1820. The maximum absolute atomic E-state index is 13.9. The zero-order valence-electron chi connectivity index (χ0n) is 29.3. The molecule has 3 aliphatic rings. The van der Waals surface area contributed by atoms with E-state index in [1.54, 1.807) is 20.9 Å². The van der Waals surface area contributed by atoms with Crippen molar-refractivity contribution in [2.75, 3.05) is 27.3 Å². The summed E-state index contributed by atoms with van der Waals surface area (Å²) in [7, 11) is 2.94. The highest BCUT2D eigenvalue weighted by Gasteiger charge is 2.51. The summed E-state index contributed by atoms with van der Waals surface area (Å²) in [5.74, 6) is -6.47. The van der Waals surface area contributed by atoms with Crippen molar-refractivity contribution in [3.05, 3.63) is 51.6 Å². The number of benzene rings is 2. The summed E-state index contributed by atoms with van der Waals surface area (Å²) in [6.07, 6.45) is -5.71. The number of hydrogen-bond acceptors (Lipinski definition) is 15. The Morgan fingerprint density at radius 3 is 2.37 bits per heavy atom. The molecule has 0 radical (unpaired) electrons. The first-order chi connectivity index (χ1) is 24.5. The van der Waals surface area contributed by atoms with Crippen LogP contribution in [0.25, 0.3) is 0 Å². The number of esters is 1. The SMILES string of the molecule is CNC1C(C)C(O[C@H]2C[C@](O)(C(=O)COC(=O)CNC(=O)CCC(C)=O)Cc3c(O)c4c(c(O)c32)C(=O)c2c(OC)cccc2C4=O)OC(C)C1O. The first kappa shape index (κ1) is 38.5. The predicted octanol–water partition coefficient (Wildman–Crippen LogP) is 0.544. The summed E-state index contributed by atoms with van der Waals surface area (Å²) < 4.78 is 22.6. The molecule has 2 aromatic rings. The van der Waals surface area contributed by atoms with E-state index in [1.165, 1.54) is 32.2 Å². The van der Waals surface area contributed by atoms with Crippen LogP contribution in [0.15, 0.2) is 18.2 Å². The molecule has 1 fully saturated rings. The fourth-order valence-electron chi connectivity index (χ4n) is 7.07. The van der Waals surface area contributed by atoms with Crippen LogP contribution in [-0.4, -0.2) is 113 Å². The van der Waals surface area contributed by atoms with Gasteiger partial charge >= 0.3 is 5.97 Å². The van der Waals surface area contributed by atoms with Crippen molar-refractivity contribution in [3.63, 3.8) is 0 Å².